The van der Waals surface area contributed by atoms with Gasteiger partial charge in [0.25, 0.3) is 7.41 Å². The van der Waals surface area contributed by atoms with E-state index >= 15 is 0 Å². The van der Waals surface area contributed by atoms with Gasteiger partial charge in [-0.3, -0.25) is 0 Å². The van der Waals surface area contributed by atoms with Crippen molar-refractivity contribution < 1.29 is 0 Å². The molecule has 0 amide bonds. The molecule has 1 nitrogen and oxygen atoms in total. The molecule has 1 fully saturated rings. The van der Waals surface area contributed by atoms with Crippen LogP contribution in [0.3, 0.4) is 0 Å². The van der Waals surface area contributed by atoms with Crippen molar-refractivity contribution in [1.29, 1.82) is 0 Å². The summed E-state index contributed by atoms with van der Waals surface area (Å²) >= 11 is 0. The Morgan fingerprint density at radius 2 is 1.92 bits per heavy atom. The molecule has 0 aromatic heterocycles. The molecular weight excluding hydrogens is 157 g/mol. The maximum atomic E-state index is 2.53. The Morgan fingerprint density at radius 3 is 2.62 bits per heavy atom. The van der Waals surface area contributed by atoms with Crippen LogP contribution in [0.1, 0.15) is 32.1 Å². The standard InChI is InChI=1S/C11H18BN/c1-3-7-11(8-4-1)12-13-9-5-2-6-10-13/h2,5-6,9H,1,3-4,7-8,10,12H2. The molecule has 0 saturated heterocycles. The largest absolute Gasteiger partial charge is 0.512 e. The van der Waals surface area contributed by atoms with Crippen molar-refractivity contribution >= 4 is 7.41 Å². The van der Waals surface area contributed by atoms with Crippen LogP contribution in [-0.2, 0) is 0 Å². The van der Waals surface area contributed by atoms with Crippen molar-refractivity contribution in [2.24, 2.45) is 0 Å². The van der Waals surface area contributed by atoms with Gasteiger partial charge in [0, 0.05) is 19.4 Å². The SMILES string of the molecule is [BH2-]([C+]1CCCCC1)N1C=CC=CC1. The van der Waals surface area contributed by atoms with Crippen molar-refractivity contribution in [3.05, 3.63) is 30.2 Å². The topological polar surface area (TPSA) is 3.24 Å². The first-order valence-electron chi connectivity index (χ1n) is 5.64. The van der Waals surface area contributed by atoms with E-state index < -0.39 is 0 Å². The van der Waals surface area contributed by atoms with Gasteiger partial charge in [-0.15, -0.1) is 0 Å². The average Bonchev–Trinajstić information content (AvgIpc) is 2.21. The van der Waals surface area contributed by atoms with Crippen LogP contribution in [-0.4, -0.2) is 18.8 Å². The summed E-state index contributed by atoms with van der Waals surface area (Å²) in [7, 11) is 0.0581. The molecule has 0 unspecified atom stereocenters. The van der Waals surface area contributed by atoms with Crippen LogP contribution in [0.15, 0.2) is 24.4 Å². The van der Waals surface area contributed by atoms with E-state index in [0.717, 1.165) is 6.54 Å². The second-order valence-corrected chi connectivity index (χ2v) is 4.45. The second-order valence-electron chi connectivity index (χ2n) is 4.45. The summed E-state index contributed by atoms with van der Waals surface area (Å²) in [5.41, 5.74) is 0. The third kappa shape index (κ3) is 2.58. The molecule has 2 heteroatoms. The van der Waals surface area contributed by atoms with Crippen molar-refractivity contribution in [2.45, 2.75) is 32.1 Å². The summed E-state index contributed by atoms with van der Waals surface area (Å²) < 4.78 is 0. The summed E-state index contributed by atoms with van der Waals surface area (Å²) in [5.74, 6) is 1.88. The molecule has 2 aliphatic rings. The fraction of sp³-hybridized carbons (Fsp3) is 0.545. The van der Waals surface area contributed by atoms with Gasteiger partial charge in [0.05, 0.1) is 0 Å². The first-order chi connectivity index (χ1) is 6.45. The van der Waals surface area contributed by atoms with Gasteiger partial charge < -0.3 is 4.81 Å². The Labute approximate surface area is 81.8 Å². The Kier molecular flexibility index (Phi) is 3.01. The lowest BCUT2D eigenvalue weighted by Crippen LogP contribution is -2.29. The number of nitrogens with zero attached hydrogens (tertiary/aromatic N) is 1. The van der Waals surface area contributed by atoms with Gasteiger partial charge in [-0.1, -0.05) is 24.0 Å². The lowest BCUT2D eigenvalue weighted by Gasteiger charge is -2.29. The second kappa shape index (κ2) is 4.45. The summed E-state index contributed by atoms with van der Waals surface area (Å²) in [6.45, 7) is 1.15. The smallest absolute Gasteiger partial charge is 0.263 e. The summed E-state index contributed by atoms with van der Waals surface area (Å²) in [5, 5.41) is 0. The highest BCUT2D eigenvalue weighted by Gasteiger charge is 2.18. The first kappa shape index (κ1) is 8.80. The maximum absolute atomic E-state index is 2.53. The highest BCUT2D eigenvalue weighted by atomic mass is 15.0. The summed E-state index contributed by atoms with van der Waals surface area (Å²) in [6.07, 6.45) is 16.0. The van der Waals surface area contributed by atoms with E-state index in [4.69, 9.17) is 0 Å². The third-order valence-corrected chi connectivity index (χ3v) is 3.29. The number of hydrogen-bond donors (Lipinski definition) is 0. The molecule has 0 atom stereocenters. The maximum Gasteiger partial charge on any atom is 0.263 e. The molecule has 1 aliphatic carbocycles. The van der Waals surface area contributed by atoms with Crippen LogP contribution in [0.25, 0.3) is 0 Å². The van der Waals surface area contributed by atoms with E-state index in [1.165, 1.54) is 32.1 Å². The zero-order valence-electron chi connectivity index (χ0n) is 8.50. The van der Waals surface area contributed by atoms with Gasteiger partial charge in [-0.2, -0.15) is 0 Å². The zero-order chi connectivity index (χ0) is 8.93. The van der Waals surface area contributed by atoms with Gasteiger partial charge in [0.2, 0.25) is 0 Å². The number of hydrogen-bond acceptors (Lipinski definition) is 1. The van der Waals surface area contributed by atoms with E-state index in [1.807, 2.05) is 5.82 Å². The minimum atomic E-state index is 0.0581. The molecule has 2 rings (SSSR count). The van der Waals surface area contributed by atoms with E-state index in [9.17, 15) is 0 Å². The predicted octanol–water partition coefficient (Wildman–Crippen LogP) is 1.95. The molecule has 70 valence electrons. The Morgan fingerprint density at radius 1 is 1.08 bits per heavy atom. The lowest BCUT2D eigenvalue weighted by molar-refractivity contribution is 0.553. The molecule has 1 saturated carbocycles. The van der Waals surface area contributed by atoms with Gasteiger partial charge in [0.15, 0.2) is 0 Å². The highest BCUT2D eigenvalue weighted by Crippen LogP contribution is 2.25. The van der Waals surface area contributed by atoms with Gasteiger partial charge in [-0.05, 0) is 25.5 Å². The molecule has 0 aromatic carbocycles. The number of allylic oxidation sites excluding steroid dienone is 2. The van der Waals surface area contributed by atoms with Crippen molar-refractivity contribution in [1.82, 2.24) is 4.81 Å². The first-order valence-corrected chi connectivity index (χ1v) is 5.64. The molecule has 1 heterocycles. The predicted molar refractivity (Wildman–Crippen MR) is 59.9 cm³/mol. The minimum Gasteiger partial charge on any atom is -0.512 e. The molecule has 0 bridgehead atoms. The molecule has 13 heavy (non-hydrogen) atoms. The Balaban J connectivity index is 1.76. The summed E-state index contributed by atoms with van der Waals surface area (Å²) in [6, 6.07) is 0. The van der Waals surface area contributed by atoms with Crippen LogP contribution in [0.2, 0.25) is 0 Å². The van der Waals surface area contributed by atoms with Crippen LogP contribution < -0.4 is 0 Å². The quantitative estimate of drug-likeness (QED) is 0.458. The van der Waals surface area contributed by atoms with E-state index in [2.05, 4.69) is 29.2 Å². The van der Waals surface area contributed by atoms with Gasteiger partial charge in [-0.25, -0.2) is 0 Å². The fourth-order valence-corrected chi connectivity index (χ4v) is 2.51. The van der Waals surface area contributed by atoms with Crippen LogP contribution in [0.4, 0.5) is 0 Å². The van der Waals surface area contributed by atoms with Crippen LogP contribution in [0.5, 0.6) is 0 Å². The average molecular weight is 175 g/mol. The van der Waals surface area contributed by atoms with Crippen molar-refractivity contribution in [2.75, 3.05) is 6.54 Å². The fourth-order valence-electron chi connectivity index (χ4n) is 2.51. The van der Waals surface area contributed by atoms with Crippen LogP contribution >= 0.6 is 0 Å². The number of rotatable bonds is 2. The van der Waals surface area contributed by atoms with Gasteiger partial charge >= 0.3 is 0 Å². The highest BCUT2D eigenvalue weighted by molar-refractivity contribution is 6.40. The molecule has 0 aromatic rings. The molecule has 0 N–H and O–H groups in total. The van der Waals surface area contributed by atoms with Crippen LogP contribution in [0, 0.1) is 5.82 Å². The third-order valence-electron chi connectivity index (χ3n) is 3.29. The van der Waals surface area contributed by atoms with E-state index in [1.54, 1.807) is 0 Å². The van der Waals surface area contributed by atoms with E-state index in [0.29, 0.717) is 0 Å². The van der Waals surface area contributed by atoms with Gasteiger partial charge in [0.1, 0.15) is 0 Å². The molecular formula is C11H18BN. The molecule has 0 spiro atoms. The van der Waals surface area contributed by atoms with Crippen molar-refractivity contribution in [3.8, 4) is 0 Å². The lowest BCUT2D eigenvalue weighted by atomic mass is 9.66. The van der Waals surface area contributed by atoms with E-state index in [-0.39, 0.29) is 7.41 Å². The Hall–Kier alpha value is -0.785. The molecule has 1 aliphatic heterocycles. The zero-order valence-corrected chi connectivity index (χ0v) is 8.50. The summed E-state index contributed by atoms with van der Waals surface area (Å²) in [4.78, 5) is 2.53. The normalized spacial score (nSPS) is 22.5. The Bertz CT molecular complexity index is 204. The minimum absolute atomic E-state index is 0.0581. The molecule has 0 radical (unpaired) electrons. The van der Waals surface area contributed by atoms with Crippen molar-refractivity contribution in [3.63, 3.8) is 0 Å². The monoisotopic (exact) mass is 175 g/mol.